The predicted molar refractivity (Wildman–Crippen MR) is 150 cm³/mol. The minimum atomic E-state index is -4.38. The molecule has 0 N–H and O–H groups in total. The average Bonchev–Trinajstić information content (AvgIpc) is 2.94. The molecule has 0 saturated carbocycles. The summed E-state index contributed by atoms with van der Waals surface area (Å²) in [4.78, 5) is -0.0501. The van der Waals surface area contributed by atoms with Gasteiger partial charge in [0.1, 0.15) is 10.1 Å². The van der Waals surface area contributed by atoms with E-state index in [4.69, 9.17) is 0 Å². The zero-order valence-electron chi connectivity index (χ0n) is 24.0. The molecule has 3 rings (SSSR count). The standard InChI is InChI=1S/C18H30O3S.C14H8F6I/c1-2-3-4-5-6-7-8-9-10-11-14-17-15-12-13-16-18(17)22(19,20)21;15-13(16,17)9-1-5-11(6-2-9)21-12-7-3-10(4-8-12)14(18,19)20/h12-13,15-16H,2-11,14H2,1H3,(H,19,20,21);1-8H/q;+1/p-1. The van der Waals surface area contributed by atoms with Crippen LogP contribution in [0.3, 0.4) is 0 Å². The Bertz CT molecular complexity index is 1270. The number of unbranched alkanes of at least 4 members (excludes halogenated alkanes) is 9. The van der Waals surface area contributed by atoms with Crippen molar-refractivity contribution in [3.8, 4) is 0 Å². The number of alkyl halides is 6. The van der Waals surface area contributed by atoms with Gasteiger partial charge in [0.15, 0.2) is 7.14 Å². The van der Waals surface area contributed by atoms with Crippen LogP contribution in [0, 0.1) is 7.14 Å². The molecule has 0 aromatic heterocycles. The first-order valence-corrected chi connectivity index (χ1v) is 17.8. The first-order chi connectivity index (χ1) is 20.2. The molecule has 238 valence electrons. The Morgan fingerprint density at radius 3 is 1.40 bits per heavy atom. The van der Waals surface area contributed by atoms with Crippen molar-refractivity contribution in [2.45, 2.75) is 94.8 Å². The van der Waals surface area contributed by atoms with Crippen molar-refractivity contribution in [1.29, 1.82) is 0 Å². The molecule has 0 spiro atoms. The van der Waals surface area contributed by atoms with Gasteiger partial charge in [0.25, 0.3) is 0 Å². The highest BCUT2D eigenvalue weighted by atomic mass is 127. The van der Waals surface area contributed by atoms with E-state index in [0.717, 1.165) is 37.1 Å². The van der Waals surface area contributed by atoms with Crippen molar-refractivity contribution in [3.63, 3.8) is 0 Å². The van der Waals surface area contributed by atoms with E-state index in [1.807, 2.05) is 0 Å². The van der Waals surface area contributed by atoms with E-state index in [9.17, 15) is 39.3 Å². The number of hydrogen-bond donors (Lipinski definition) is 0. The van der Waals surface area contributed by atoms with Crippen molar-refractivity contribution in [2.75, 3.05) is 0 Å². The molecule has 0 atom stereocenters. The molecule has 0 unspecified atom stereocenters. The molecule has 3 aromatic carbocycles. The van der Waals surface area contributed by atoms with E-state index < -0.39 is 54.8 Å². The summed E-state index contributed by atoms with van der Waals surface area (Å²) < 4.78 is 109. The van der Waals surface area contributed by atoms with Crippen molar-refractivity contribution in [2.24, 2.45) is 0 Å². The molecule has 0 aliphatic rings. The average molecular weight is 743 g/mol. The Hall–Kier alpha value is -2.12. The highest BCUT2D eigenvalue weighted by Gasteiger charge is 2.32. The summed E-state index contributed by atoms with van der Waals surface area (Å²) >= 11 is -0.805. The maximum atomic E-state index is 12.4. The first-order valence-electron chi connectivity index (χ1n) is 14.2. The van der Waals surface area contributed by atoms with E-state index in [1.165, 1.54) is 81.7 Å². The summed E-state index contributed by atoms with van der Waals surface area (Å²) in [5, 5.41) is 0. The van der Waals surface area contributed by atoms with Crippen LogP contribution < -0.4 is 21.2 Å². The molecule has 0 aliphatic carbocycles. The van der Waals surface area contributed by atoms with Crippen LogP contribution in [0.1, 0.15) is 87.8 Å². The fourth-order valence-electron chi connectivity index (χ4n) is 4.29. The quantitative estimate of drug-likeness (QED) is 0.0782. The van der Waals surface area contributed by atoms with E-state index >= 15 is 0 Å². The maximum absolute atomic E-state index is 12.4. The summed E-state index contributed by atoms with van der Waals surface area (Å²) in [6.07, 6.45) is 4.39. The van der Waals surface area contributed by atoms with Crippen molar-refractivity contribution >= 4 is 10.1 Å². The summed E-state index contributed by atoms with van der Waals surface area (Å²) in [5.74, 6) is 0. The SMILES string of the molecule is CCCCCCCCCCCCc1ccccc1S(=O)(=O)[O-].FC(F)(F)c1ccc([I+]c2ccc(C(F)(F)F)cc2)cc1. The van der Waals surface area contributed by atoms with Crippen LogP contribution in [-0.2, 0) is 28.9 Å². The summed E-state index contributed by atoms with van der Waals surface area (Å²) in [6, 6.07) is 16.0. The molecule has 0 fully saturated rings. The van der Waals surface area contributed by atoms with Gasteiger partial charge in [-0.3, -0.25) is 0 Å². The fraction of sp³-hybridized carbons (Fsp3) is 0.438. The highest BCUT2D eigenvalue weighted by Crippen LogP contribution is 2.29. The molecular weight excluding hydrogens is 705 g/mol. The molecule has 0 saturated heterocycles. The zero-order chi connectivity index (χ0) is 31.9. The van der Waals surface area contributed by atoms with Gasteiger partial charge >= 0.3 is 33.6 Å². The molecule has 0 heterocycles. The second kappa shape index (κ2) is 18.0. The lowest BCUT2D eigenvalue weighted by Gasteiger charge is -2.12. The zero-order valence-corrected chi connectivity index (χ0v) is 27.0. The summed E-state index contributed by atoms with van der Waals surface area (Å²) in [7, 11) is -4.35. The first kappa shape index (κ1) is 37.1. The second-order valence-corrected chi connectivity index (χ2v) is 14.5. The monoisotopic (exact) mass is 742 g/mol. The number of benzene rings is 3. The van der Waals surface area contributed by atoms with Crippen molar-refractivity contribution < 1.29 is 60.5 Å². The Morgan fingerprint density at radius 1 is 0.605 bits per heavy atom. The molecule has 0 amide bonds. The van der Waals surface area contributed by atoms with Crippen LogP contribution in [0.5, 0.6) is 0 Å². The van der Waals surface area contributed by atoms with Crippen LogP contribution >= 0.6 is 0 Å². The van der Waals surface area contributed by atoms with Gasteiger partial charge in [0.05, 0.1) is 16.0 Å². The molecule has 43 heavy (non-hydrogen) atoms. The van der Waals surface area contributed by atoms with Crippen molar-refractivity contribution in [3.05, 3.63) is 96.6 Å². The molecular formula is C32H37F6IO3S. The lowest BCUT2D eigenvalue weighted by atomic mass is 10.0. The van der Waals surface area contributed by atoms with Gasteiger partial charge in [-0.05, 0) is 73.0 Å². The molecule has 0 aliphatic heterocycles. The minimum Gasteiger partial charge on any atom is -0.744 e. The van der Waals surface area contributed by atoms with E-state index in [2.05, 4.69) is 6.92 Å². The number of aryl methyl sites for hydroxylation is 1. The topological polar surface area (TPSA) is 57.2 Å². The van der Waals surface area contributed by atoms with Crippen LogP contribution in [0.25, 0.3) is 0 Å². The lowest BCUT2D eigenvalue weighted by molar-refractivity contribution is -0.597. The third kappa shape index (κ3) is 14.5. The number of halogens is 7. The van der Waals surface area contributed by atoms with Gasteiger partial charge in [0, 0.05) is 0 Å². The van der Waals surface area contributed by atoms with Gasteiger partial charge in [-0.25, -0.2) is 8.42 Å². The second-order valence-electron chi connectivity index (χ2n) is 10.1. The highest BCUT2D eigenvalue weighted by molar-refractivity contribution is 7.85. The van der Waals surface area contributed by atoms with Gasteiger partial charge in [-0.15, -0.1) is 0 Å². The summed E-state index contributed by atoms with van der Waals surface area (Å²) in [5.41, 5.74) is -0.803. The Labute approximate surface area is 261 Å². The maximum Gasteiger partial charge on any atom is 0.416 e. The minimum absolute atomic E-state index is 0.0501. The normalized spacial score (nSPS) is 12.1. The summed E-state index contributed by atoms with van der Waals surface area (Å²) in [6.45, 7) is 2.23. The third-order valence-corrected chi connectivity index (χ3v) is 10.2. The Morgan fingerprint density at radius 2 is 1.00 bits per heavy atom. The van der Waals surface area contributed by atoms with Crippen LogP contribution in [-0.4, -0.2) is 13.0 Å². The van der Waals surface area contributed by atoms with E-state index in [1.54, 1.807) is 18.2 Å². The van der Waals surface area contributed by atoms with Gasteiger partial charge in [-0.1, -0.05) is 82.9 Å². The van der Waals surface area contributed by atoms with E-state index in [-0.39, 0.29) is 4.90 Å². The number of hydrogen-bond acceptors (Lipinski definition) is 3. The lowest BCUT2D eigenvalue weighted by Crippen LogP contribution is -3.61. The molecule has 3 nitrogen and oxygen atoms in total. The molecule has 11 heteroatoms. The molecule has 3 aromatic rings. The smallest absolute Gasteiger partial charge is 0.416 e. The van der Waals surface area contributed by atoms with Crippen LogP contribution in [0.2, 0.25) is 0 Å². The Kier molecular flexibility index (Phi) is 15.5. The van der Waals surface area contributed by atoms with Crippen molar-refractivity contribution in [1.82, 2.24) is 0 Å². The fourth-order valence-corrected chi connectivity index (χ4v) is 7.18. The van der Waals surface area contributed by atoms with E-state index in [0.29, 0.717) is 19.1 Å². The Balaban J connectivity index is 0.000000300. The van der Waals surface area contributed by atoms with Crippen LogP contribution in [0.4, 0.5) is 26.3 Å². The number of rotatable bonds is 14. The third-order valence-electron chi connectivity index (χ3n) is 6.60. The van der Waals surface area contributed by atoms with Crippen LogP contribution in [0.15, 0.2) is 77.7 Å². The predicted octanol–water partition coefficient (Wildman–Crippen LogP) is 6.91. The van der Waals surface area contributed by atoms with Gasteiger partial charge in [-0.2, -0.15) is 26.3 Å². The van der Waals surface area contributed by atoms with Gasteiger partial charge < -0.3 is 4.55 Å². The molecule has 0 bridgehead atoms. The molecule has 0 radical (unpaired) electrons. The largest absolute Gasteiger partial charge is 0.744 e. The van der Waals surface area contributed by atoms with Gasteiger partial charge in [0.2, 0.25) is 0 Å².